The summed E-state index contributed by atoms with van der Waals surface area (Å²) in [5.41, 5.74) is 2.50. The Hall–Kier alpha value is -0.570. The predicted octanol–water partition coefficient (Wildman–Crippen LogP) is 2.61. The van der Waals surface area contributed by atoms with Gasteiger partial charge in [0.1, 0.15) is 0 Å². The maximum atomic E-state index is 4.11. The first-order valence-corrected chi connectivity index (χ1v) is 5.08. The van der Waals surface area contributed by atoms with E-state index >= 15 is 0 Å². The average molecular weight is 229 g/mol. The standard InChI is InChI=1S/C9H13BrN2/c1-8(4-3-5-10)9-6-11-12(2)7-9/h4,6-7H,3,5H2,1-2H3. The van der Waals surface area contributed by atoms with E-state index in [0.29, 0.717) is 0 Å². The van der Waals surface area contributed by atoms with Gasteiger partial charge in [-0.3, -0.25) is 4.68 Å². The van der Waals surface area contributed by atoms with E-state index < -0.39 is 0 Å². The van der Waals surface area contributed by atoms with Crippen molar-refractivity contribution >= 4 is 21.5 Å². The Morgan fingerprint density at radius 3 is 3.00 bits per heavy atom. The van der Waals surface area contributed by atoms with Gasteiger partial charge in [-0.05, 0) is 18.9 Å². The van der Waals surface area contributed by atoms with Crippen LogP contribution in [0.25, 0.3) is 5.57 Å². The van der Waals surface area contributed by atoms with Gasteiger partial charge in [-0.25, -0.2) is 0 Å². The van der Waals surface area contributed by atoms with Crippen molar-refractivity contribution in [3.05, 3.63) is 24.0 Å². The largest absolute Gasteiger partial charge is 0.275 e. The molecule has 0 fully saturated rings. The van der Waals surface area contributed by atoms with Gasteiger partial charge in [0.2, 0.25) is 0 Å². The van der Waals surface area contributed by atoms with Crippen LogP contribution in [0.4, 0.5) is 0 Å². The molecule has 12 heavy (non-hydrogen) atoms. The number of alkyl halides is 1. The van der Waals surface area contributed by atoms with Gasteiger partial charge in [0, 0.05) is 24.1 Å². The molecule has 1 aromatic heterocycles. The lowest BCUT2D eigenvalue weighted by Gasteiger charge is -1.94. The number of hydrogen-bond donors (Lipinski definition) is 0. The van der Waals surface area contributed by atoms with E-state index in [4.69, 9.17) is 0 Å². The van der Waals surface area contributed by atoms with Crippen molar-refractivity contribution in [2.75, 3.05) is 5.33 Å². The second-order valence-corrected chi connectivity index (χ2v) is 3.56. The molecule has 0 aliphatic rings. The normalized spacial score (nSPS) is 12.1. The van der Waals surface area contributed by atoms with Crippen molar-refractivity contribution < 1.29 is 0 Å². The number of aromatic nitrogens is 2. The van der Waals surface area contributed by atoms with Crippen LogP contribution in [0.2, 0.25) is 0 Å². The van der Waals surface area contributed by atoms with Crippen molar-refractivity contribution in [3.8, 4) is 0 Å². The van der Waals surface area contributed by atoms with E-state index in [9.17, 15) is 0 Å². The van der Waals surface area contributed by atoms with Gasteiger partial charge in [-0.2, -0.15) is 5.10 Å². The van der Waals surface area contributed by atoms with Crippen LogP contribution in [0, 0.1) is 0 Å². The molecule has 2 nitrogen and oxygen atoms in total. The Balaban J connectivity index is 2.70. The van der Waals surface area contributed by atoms with E-state index in [2.05, 4.69) is 34.0 Å². The summed E-state index contributed by atoms with van der Waals surface area (Å²) in [5, 5.41) is 5.13. The van der Waals surface area contributed by atoms with Crippen molar-refractivity contribution in [2.45, 2.75) is 13.3 Å². The summed E-state index contributed by atoms with van der Waals surface area (Å²) in [6, 6.07) is 0. The molecule has 0 amide bonds. The zero-order valence-corrected chi connectivity index (χ0v) is 9.00. The summed E-state index contributed by atoms with van der Waals surface area (Å²) >= 11 is 3.39. The SMILES string of the molecule is CC(=CCCBr)c1cnn(C)c1. The molecule has 3 heteroatoms. The topological polar surface area (TPSA) is 17.8 Å². The van der Waals surface area contributed by atoms with Crippen LogP contribution >= 0.6 is 15.9 Å². The van der Waals surface area contributed by atoms with Gasteiger partial charge in [0.25, 0.3) is 0 Å². The third-order valence-corrected chi connectivity index (χ3v) is 2.18. The summed E-state index contributed by atoms with van der Waals surface area (Å²) in [7, 11) is 1.93. The van der Waals surface area contributed by atoms with Gasteiger partial charge in [0.15, 0.2) is 0 Å². The molecular weight excluding hydrogens is 216 g/mol. The average Bonchev–Trinajstić information content (AvgIpc) is 2.47. The van der Waals surface area contributed by atoms with Crippen LogP contribution in [0.3, 0.4) is 0 Å². The van der Waals surface area contributed by atoms with Crippen molar-refractivity contribution in [2.24, 2.45) is 7.05 Å². The van der Waals surface area contributed by atoms with Crippen LogP contribution in [-0.2, 0) is 7.05 Å². The number of rotatable bonds is 3. The molecule has 66 valence electrons. The molecule has 0 aliphatic heterocycles. The van der Waals surface area contributed by atoms with Crippen LogP contribution in [-0.4, -0.2) is 15.1 Å². The van der Waals surface area contributed by atoms with Gasteiger partial charge in [-0.15, -0.1) is 0 Å². The molecule has 0 N–H and O–H groups in total. The fraction of sp³-hybridized carbons (Fsp3) is 0.444. The van der Waals surface area contributed by atoms with E-state index in [0.717, 1.165) is 11.8 Å². The number of allylic oxidation sites excluding steroid dienone is 2. The van der Waals surface area contributed by atoms with Crippen molar-refractivity contribution in [1.29, 1.82) is 0 Å². The lowest BCUT2D eigenvalue weighted by molar-refractivity contribution is 0.767. The smallest absolute Gasteiger partial charge is 0.0564 e. The van der Waals surface area contributed by atoms with Crippen molar-refractivity contribution in [1.82, 2.24) is 9.78 Å². The Kier molecular flexibility index (Phi) is 3.53. The molecule has 0 bridgehead atoms. The minimum atomic E-state index is 1.02. The highest BCUT2D eigenvalue weighted by Crippen LogP contribution is 2.12. The number of hydrogen-bond acceptors (Lipinski definition) is 1. The molecule has 1 rings (SSSR count). The first-order valence-electron chi connectivity index (χ1n) is 3.96. The van der Waals surface area contributed by atoms with Crippen LogP contribution in [0.15, 0.2) is 18.5 Å². The minimum absolute atomic E-state index is 1.02. The highest BCUT2D eigenvalue weighted by atomic mass is 79.9. The van der Waals surface area contributed by atoms with E-state index in [1.807, 2.05) is 24.1 Å². The van der Waals surface area contributed by atoms with Crippen LogP contribution < -0.4 is 0 Å². The molecule has 0 aromatic carbocycles. The zero-order chi connectivity index (χ0) is 8.97. The third kappa shape index (κ3) is 2.48. The lowest BCUT2D eigenvalue weighted by atomic mass is 10.1. The number of halogens is 1. The van der Waals surface area contributed by atoms with Crippen molar-refractivity contribution in [3.63, 3.8) is 0 Å². The molecule has 0 aliphatic carbocycles. The summed E-state index contributed by atoms with van der Waals surface area (Å²) in [6.45, 7) is 2.11. The summed E-state index contributed by atoms with van der Waals surface area (Å²) in [5.74, 6) is 0. The Labute approximate surface area is 81.4 Å². The molecule has 0 saturated heterocycles. The Morgan fingerprint density at radius 2 is 2.50 bits per heavy atom. The van der Waals surface area contributed by atoms with E-state index in [-0.39, 0.29) is 0 Å². The predicted molar refractivity (Wildman–Crippen MR) is 55.3 cm³/mol. The fourth-order valence-corrected chi connectivity index (χ4v) is 1.24. The second kappa shape index (κ2) is 4.45. The minimum Gasteiger partial charge on any atom is -0.275 e. The maximum absolute atomic E-state index is 4.11. The third-order valence-electron chi connectivity index (χ3n) is 1.72. The number of aryl methyl sites for hydroxylation is 1. The second-order valence-electron chi connectivity index (χ2n) is 2.77. The molecule has 0 saturated carbocycles. The molecular formula is C9H13BrN2. The van der Waals surface area contributed by atoms with Gasteiger partial charge in [-0.1, -0.05) is 22.0 Å². The summed E-state index contributed by atoms with van der Waals surface area (Å²) in [6.07, 6.45) is 7.20. The van der Waals surface area contributed by atoms with Crippen LogP contribution in [0.1, 0.15) is 18.9 Å². The zero-order valence-electron chi connectivity index (χ0n) is 7.42. The van der Waals surface area contributed by atoms with Gasteiger partial charge >= 0.3 is 0 Å². The van der Waals surface area contributed by atoms with Crippen LogP contribution in [0.5, 0.6) is 0 Å². The molecule has 0 radical (unpaired) electrons. The number of nitrogens with zero attached hydrogens (tertiary/aromatic N) is 2. The van der Waals surface area contributed by atoms with E-state index in [1.165, 1.54) is 11.1 Å². The first kappa shape index (κ1) is 9.52. The monoisotopic (exact) mass is 228 g/mol. The van der Waals surface area contributed by atoms with E-state index in [1.54, 1.807) is 0 Å². The molecule has 0 unspecified atom stereocenters. The fourth-order valence-electron chi connectivity index (χ4n) is 1.01. The summed E-state index contributed by atoms with van der Waals surface area (Å²) < 4.78 is 1.82. The lowest BCUT2D eigenvalue weighted by Crippen LogP contribution is -1.84. The Morgan fingerprint density at radius 1 is 1.75 bits per heavy atom. The molecule has 1 heterocycles. The quantitative estimate of drug-likeness (QED) is 0.728. The molecule has 0 atom stereocenters. The van der Waals surface area contributed by atoms with Gasteiger partial charge in [0.05, 0.1) is 6.20 Å². The maximum Gasteiger partial charge on any atom is 0.0564 e. The van der Waals surface area contributed by atoms with Gasteiger partial charge < -0.3 is 0 Å². The highest BCUT2D eigenvalue weighted by Gasteiger charge is 1.96. The summed E-state index contributed by atoms with van der Waals surface area (Å²) in [4.78, 5) is 0. The molecule has 0 spiro atoms. The molecule has 1 aromatic rings. The highest BCUT2D eigenvalue weighted by molar-refractivity contribution is 9.09. The Bertz CT molecular complexity index is 276. The first-order chi connectivity index (χ1) is 5.74.